The summed E-state index contributed by atoms with van der Waals surface area (Å²) in [6, 6.07) is 21.3. The molecule has 0 unspecified atom stereocenters. The second-order valence-electron chi connectivity index (χ2n) is 9.59. The SMILES string of the molecule is O=C(O)COC[C@H]1CC[C@@H](Cn2nc(-c3ccccc3)c(-c3ccccc3)c2C2CC2)CC1. The second kappa shape index (κ2) is 9.92. The normalized spacial score (nSPS) is 20.6. The first kappa shape index (κ1) is 21.9. The van der Waals surface area contributed by atoms with Crippen molar-refractivity contribution in [1.82, 2.24) is 9.78 Å². The molecule has 2 fully saturated rings. The Morgan fingerprint density at radius 1 is 0.879 bits per heavy atom. The summed E-state index contributed by atoms with van der Waals surface area (Å²) in [5.41, 5.74) is 6.24. The van der Waals surface area contributed by atoms with Gasteiger partial charge in [-0.15, -0.1) is 0 Å². The van der Waals surface area contributed by atoms with Crippen LogP contribution in [0.1, 0.15) is 50.1 Å². The summed E-state index contributed by atoms with van der Waals surface area (Å²) < 4.78 is 7.67. The first-order valence-corrected chi connectivity index (χ1v) is 12.2. The Morgan fingerprint density at radius 2 is 1.48 bits per heavy atom. The zero-order valence-electron chi connectivity index (χ0n) is 19.0. The van der Waals surface area contributed by atoms with Crippen molar-refractivity contribution in [2.45, 2.75) is 51.0 Å². The van der Waals surface area contributed by atoms with Crippen LogP contribution in [0.25, 0.3) is 22.4 Å². The van der Waals surface area contributed by atoms with Crippen LogP contribution in [0, 0.1) is 11.8 Å². The van der Waals surface area contributed by atoms with Crippen LogP contribution in [0.3, 0.4) is 0 Å². The summed E-state index contributed by atoms with van der Waals surface area (Å²) in [7, 11) is 0. The maximum Gasteiger partial charge on any atom is 0.329 e. The largest absolute Gasteiger partial charge is 0.480 e. The molecule has 5 heteroatoms. The number of ether oxygens (including phenoxy) is 1. The fraction of sp³-hybridized carbons (Fsp3) is 0.429. The number of hydrogen-bond acceptors (Lipinski definition) is 3. The molecule has 0 atom stereocenters. The molecule has 1 heterocycles. The maximum absolute atomic E-state index is 10.7. The summed E-state index contributed by atoms with van der Waals surface area (Å²) in [6.07, 6.45) is 6.97. The lowest BCUT2D eigenvalue weighted by molar-refractivity contribution is -0.142. The number of carbonyl (C=O) groups is 1. The van der Waals surface area contributed by atoms with E-state index in [0.29, 0.717) is 24.4 Å². The minimum Gasteiger partial charge on any atom is -0.480 e. The quantitative estimate of drug-likeness (QED) is 0.439. The molecule has 2 saturated carbocycles. The van der Waals surface area contributed by atoms with E-state index >= 15 is 0 Å². The average Bonchev–Trinajstić information content (AvgIpc) is 3.62. The van der Waals surface area contributed by atoms with E-state index in [1.54, 1.807) is 0 Å². The fourth-order valence-corrected chi connectivity index (χ4v) is 5.21. The van der Waals surface area contributed by atoms with Gasteiger partial charge in [-0.2, -0.15) is 5.10 Å². The zero-order valence-corrected chi connectivity index (χ0v) is 19.0. The Labute approximate surface area is 195 Å². The van der Waals surface area contributed by atoms with Gasteiger partial charge in [0.15, 0.2) is 0 Å². The molecule has 1 N–H and O–H groups in total. The zero-order chi connectivity index (χ0) is 22.6. The van der Waals surface area contributed by atoms with Crippen LogP contribution >= 0.6 is 0 Å². The Hall–Kier alpha value is -2.92. The molecule has 5 nitrogen and oxygen atoms in total. The van der Waals surface area contributed by atoms with Crippen molar-refractivity contribution in [2.24, 2.45) is 11.8 Å². The van der Waals surface area contributed by atoms with E-state index in [4.69, 9.17) is 14.9 Å². The van der Waals surface area contributed by atoms with Gasteiger partial charge in [0, 0.05) is 29.3 Å². The van der Waals surface area contributed by atoms with Gasteiger partial charge in [-0.1, -0.05) is 60.7 Å². The molecule has 3 aromatic rings. The van der Waals surface area contributed by atoms with Crippen LogP contribution in [0.15, 0.2) is 60.7 Å². The molecule has 2 aliphatic carbocycles. The third-order valence-corrected chi connectivity index (χ3v) is 7.04. The van der Waals surface area contributed by atoms with Gasteiger partial charge in [0.1, 0.15) is 12.3 Å². The van der Waals surface area contributed by atoms with Crippen molar-refractivity contribution in [3.05, 3.63) is 66.4 Å². The Balaban J connectivity index is 1.38. The van der Waals surface area contributed by atoms with Crippen LogP contribution < -0.4 is 0 Å². The lowest BCUT2D eigenvalue weighted by Crippen LogP contribution is -2.23. The lowest BCUT2D eigenvalue weighted by Gasteiger charge is -2.28. The number of carboxylic acids is 1. The fourth-order valence-electron chi connectivity index (χ4n) is 5.21. The van der Waals surface area contributed by atoms with Gasteiger partial charge < -0.3 is 9.84 Å². The molecule has 0 aliphatic heterocycles. The third kappa shape index (κ3) is 5.19. The molecule has 0 spiro atoms. The number of benzene rings is 2. The highest BCUT2D eigenvalue weighted by atomic mass is 16.5. The van der Waals surface area contributed by atoms with E-state index in [1.807, 2.05) is 0 Å². The van der Waals surface area contributed by atoms with E-state index in [0.717, 1.165) is 37.9 Å². The van der Waals surface area contributed by atoms with Crippen molar-refractivity contribution in [3.8, 4) is 22.4 Å². The van der Waals surface area contributed by atoms with E-state index in [1.165, 1.54) is 35.2 Å². The van der Waals surface area contributed by atoms with Gasteiger partial charge in [0.25, 0.3) is 0 Å². The molecular formula is C28H32N2O3. The van der Waals surface area contributed by atoms with Crippen molar-refractivity contribution in [2.75, 3.05) is 13.2 Å². The molecule has 0 bridgehead atoms. The second-order valence-corrected chi connectivity index (χ2v) is 9.59. The molecule has 2 aromatic carbocycles. The van der Waals surface area contributed by atoms with Gasteiger partial charge >= 0.3 is 5.97 Å². The number of rotatable bonds is 9. The Morgan fingerprint density at radius 3 is 2.09 bits per heavy atom. The van der Waals surface area contributed by atoms with Crippen molar-refractivity contribution in [1.29, 1.82) is 0 Å². The highest BCUT2D eigenvalue weighted by Crippen LogP contribution is 2.48. The van der Waals surface area contributed by atoms with Crippen LogP contribution in [-0.2, 0) is 16.1 Å². The number of hydrogen-bond donors (Lipinski definition) is 1. The van der Waals surface area contributed by atoms with Crippen LogP contribution in [0.2, 0.25) is 0 Å². The first-order valence-electron chi connectivity index (χ1n) is 12.2. The highest BCUT2D eigenvalue weighted by Gasteiger charge is 2.34. The van der Waals surface area contributed by atoms with Gasteiger partial charge in [-0.05, 0) is 55.9 Å². The predicted octanol–water partition coefficient (Wildman–Crippen LogP) is 6.00. The number of nitrogens with zero attached hydrogens (tertiary/aromatic N) is 2. The number of carboxylic acid groups (broad SMARTS) is 1. The van der Waals surface area contributed by atoms with Gasteiger partial charge in [-0.3, -0.25) is 4.68 Å². The van der Waals surface area contributed by atoms with Crippen LogP contribution in [-0.4, -0.2) is 34.1 Å². The first-order chi connectivity index (χ1) is 16.2. The summed E-state index contributed by atoms with van der Waals surface area (Å²) in [5, 5.41) is 14.0. The van der Waals surface area contributed by atoms with E-state index in [9.17, 15) is 4.79 Å². The Kier molecular flexibility index (Phi) is 6.58. The molecule has 1 aromatic heterocycles. The molecule has 2 aliphatic rings. The molecule has 172 valence electrons. The Bertz CT molecular complexity index is 1070. The van der Waals surface area contributed by atoms with E-state index in [-0.39, 0.29) is 6.61 Å². The minimum atomic E-state index is -0.890. The monoisotopic (exact) mass is 444 g/mol. The van der Waals surface area contributed by atoms with Crippen molar-refractivity contribution in [3.63, 3.8) is 0 Å². The molecule has 5 rings (SSSR count). The summed E-state index contributed by atoms with van der Waals surface area (Å²) in [4.78, 5) is 10.7. The maximum atomic E-state index is 10.7. The summed E-state index contributed by atoms with van der Waals surface area (Å²) in [5.74, 6) is 0.788. The average molecular weight is 445 g/mol. The third-order valence-electron chi connectivity index (χ3n) is 7.04. The van der Waals surface area contributed by atoms with Crippen LogP contribution in [0.4, 0.5) is 0 Å². The van der Waals surface area contributed by atoms with E-state index < -0.39 is 5.97 Å². The van der Waals surface area contributed by atoms with Crippen molar-refractivity contribution < 1.29 is 14.6 Å². The lowest BCUT2D eigenvalue weighted by atomic mass is 9.82. The number of aromatic nitrogens is 2. The van der Waals surface area contributed by atoms with E-state index in [2.05, 4.69) is 65.3 Å². The summed E-state index contributed by atoms with van der Waals surface area (Å²) >= 11 is 0. The van der Waals surface area contributed by atoms with Crippen LogP contribution in [0.5, 0.6) is 0 Å². The van der Waals surface area contributed by atoms with Gasteiger partial charge in [0.05, 0.1) is 6.61 Å². The molecule has 0 saturated heterocycles. The van der Waals surface area contributed by atoms with Crippen molar-refractivity contribution >= 4 is 5.97 Å². The standard InChI is InChI=1S/C28H32N2O3/c31-25(32)19-33-18-21-13-11-20(12-14-21)17-30-28(24-15-16-24)26(22-7-3-1-4-8-22)27(29-30)23-9-5-2-6-10-23/h1-10,20-21,24H,11-19H2,(H,31,32)/t20-,21+. The molecular weight excluding hydrogens is 412 g/mol. The highest BCUT2D eigenvalue weighted by molar-refractivity contribution is 5.83. The smallest absolute Gasteiger partial charge is 0.329 e. The summed E-state index contributed by atoms with van der Waals surface area (Å²) in [6.45, 7) is 1.33. The number of aliphatic carboxylic acids is 1. The minimum absolute atomic E-state index is 0.192. The molecule has 0 radical (unpaired) electrons. The molecule has 33 heavy (non-hydrogen) atoms. The van der Waals surface area contributed by atoms with Gasteiger partial charge in [0.2, 0.25) is 0 Å². The molecule has 0 amide bonds. The van der Waals surface area contributed by atoms with Gasteiger partial charge in [-0.25, -0.2) is 4.79 Å². The predicted molar refractivity (Wildman–Crippen MR) is 129 cm³/mol. The topological polar surface area (TPSA) is 64.3 Å².